The lowest BCUT2D eigenvalue weighted by atomic mass is 9.78. The third kappa shape index (κ3) is 3.87. The molecule has 2 heterocycles. The Morgan fingerprint density at radius 1 is 1.26 bits per heavy atom. The van der Waals surface area contributed by atoms with E-state index in [1.54, 1.807) is 43.3 Å². The van der Waals surface area contributed by atoms with E-state index in [-0.39, 0.29) is 18.9 Å². The summed E-state index contributed by atoms with van der Waals surface area (Å²) in [6, 6.07) is 5.81. The van der Waals surface area contributed by atoms with Crippen LogP contribution in [0.25, 0.3) is 0 Å². The standard InChI is InChI=1S/C22H26N2O6S/c1-4-5-11-24-18(25)15-16(19(24)26)22(21(28)29,10-12-31-3)23-17(15)13-6-8-14(9-7-13)20(27)30-2/h4-9,15-17,23H,10-12H2,1-3H3,(H,28,29)/b5-4+. The lowest BCUT2D eigenvalue weighted by Crippen LogP contribution is -2.56. The van der Waals surface area contributed by atoms with Gasteiger partial charge in [0.05, 0.1) is 24.5 Å². The van der Waals surface area contributed by atoms with Crippen molar-refractivity contribution in [3.63, 3.8) is 0 Å². The molecule has 0 aromatic heterocycles. The molecule has 2 aliphatic heterocycles. The molecular weight excluding hydrogens is 420 g/mol. The van der Waals surface area contributed by atoms with Gasteiger partial charge in [-0.15, -0.1) is 0 Å². The summed E-state index contributed by atoms with van der Waals surface area (Å²) < 4.78 is 4.72. The lowest BCUT2D eigenvalue weighted by molar-refractivity contribution is -0.151. The number of thioether (sulfide) groups is 1. The van der Waals surface area contributed by atoms with Crippen LogP contribution in [0, 0.1) is 11.8 Å². The van der Waals surface area contributed by atoms with E-state index in [0.29, 0.717) is 16.9 Å². The first-order valence-electron chi connectivity index (χ1n) is 9.97. The summed E-state index contributed by atoms with van der Waals surface area (Å²) in [6.45, 7) is 1.91. The molecule has 4 atom stereocenters. The summed E-state index contributed by atoms with van der Waals surface area (Å²) in [5, 5.41) is 13.3. The van der Waals surface area contributed by atoms with Crippen LogP contribution in [0.4, 0.5) is 0 Å². The molecule has 0 aliphatic carbocycles. The number of imide groups is 1. The second kappa shape index (κ2) is 9.23. The smallest absolute Gasteiger partial charge is 0.337 e. The molecule has 2 aliphatic rings. The van der Waals surface area contributed by atoms with Crippen molar-refractivity contribution in [3.8, 4) is 0 Å². The monoisotopic (exact) mass is 446 g/mol. The normalized spacial score (nSPS) is 27.7. The Balaban J connectivity index is 2.06. The Labute approximate surface area is 185 Å². The van der Waals surface area contributed by atoms with Crippen LogP contribution in [0.5, 0.6) is 0 Å². The number of ether oxygens (including phenoxy) is 1. The number of carbonyl (C=O) groups excluding carboxylic acids is 3. The number of benzene rings is 1. The highest BCUT2D eigenvalue weighted by atomic mass is 32.2. The molecule has 0 spiro atoms. The molecule has 3 rings (SSSR count). The van der Waals surface area contributed by atoms with Gasteiger partial charge in [0.1, 0.15) is 5.54 Å². The quantitative estimate of drug-likeness (QED) is 0.354. The highest BCUT2D eigenvalue weighted by Gasteiger charge is 2.67. The van der Waals surface area contributed by atoms with Crippen molar-refractivity contribution in [1.29, 1.82) is 0 Å². The number of methoxy groups -OCH3 is 1. The Hall–Kier alpha value is -2.65. The predicted molar refractivity (Wildman–Crippen MR) is 116 cm³/mol. The van der Waals surface area contributed by atoms with Crippen molar-refractivity contribution in [2.75, 3.05) is 25.7 Å². The minimum Gasteiger partial charge on any atom is -0.480 e. The Bertz CT molecular complexity index is 915. The van der Waals surface area contributed by atoms with Crippen molar-refractivity contribution in [2.45, 2.75) is 24.9 Å². The van der Waals surface area contributed by atoms with E-state index in [4.69, 9.17) is 4.74 Å². The van der Waals surface area contributed by atoms with E-state index in [2.05, 4.69) is 5.32 Å². The number of likely N-dealkylation sites (tertiary alicyclic amines) is 1. The van der Waals surface area contributed by atoms with Gasteiger partial charge in [-0.25, -0.2) is 4.79 Å². The summed E-state index contributed by atoms with van der Waals surface area (Å²) in [4.78, 5) is 51.9. The van der Waals surface area contributed by atoms with Gasteiger partial charge in [0, 0.05) is 12.6 Å². The van der Waals surface area contributed by atoms with E-state index in [9.17, 15) is 24.3 Å². The van der Waals surface area contributed by atoms with Crippen LogP contribution in [0.3, 0.4) is 0 Å². The van der Waals surface area contributed by atoms with E-state index < -0.39 is 41.3 Å². The molecule has 166 valence electrons. The zero-order valence-corrected chi connectivity index (χ0v) is 18.5. The van der Waals surface area contributed by atoms with E-state index >= 15 is 0 Å². The number of hydrogen-bond donors (Lipinski definition) is 2. The van der Waals surface area contributed by atoms with Crippen molar-refractivity contribution in [1.82, 2.24) is 10.2 Å². The number of esters is 1. The van der Waals surface area contributed by atoms with Gasteiger partial charge < -0.3 is 9.84 Å². The Morgan fingerprint density at radius 2 is 1.94 bits per heavy atom. The van der Waals surface area contributed by atoms with Crippen LogP contribution in [0.15, 0.2) is 36.4 Å². The minimum atomic E-state index is -1.54. The number of carbonyl (C=O) groups is 4. The predicted octanol–water partition coefficient (Wildman–Crippen LogP) is 1.87. The number of fused-ring (bicyclic) bond motifs is 1. The number of allylic oxidation sites excluding steroid dienone is 1. The van der Waals surface area contributed by atoms with Gasteiger partial charge in [-0.2, -0.15) is 11.8 Å². The Kier molecular flexibility index (Phi) is 6.86. The molecule has 2 saturated heterocycles. The second-order valence-electron chi connectivity index (χ2n) is 7.61. The fourth-order valence-electron chi connectivity index (χ4n) is 4.48. The van der Waals surface area contributed by atoms with Crippen LogP contribution in [0.1, 0.15) is 35.3 Å². The third-order valence-electron chi connectivity index (χ3n) is 6.04. The average Bonchev–Trinajstić information content (AvgIpc) is 3.25. The molecule has 2 N–H and O–H groups in total. The van der Waals surface area contributed by atoms with Crippen molar-refractivity contribution < 1.29 is 29.0 Å². The van der Waals surface area contributed by atoms with Gasteiger partial charge in [-0.05, 0) is 43.0 Å². The number of rotatable bonds is 8. The molecule has 4 unspecified atom stereocenters. The highest BCUT2D eigenvalue weighted by molar-refractivity contribution is 7.98. The van der Waals surface area contributed by atoms with E-state index in [0.717, 1.165) is 4.90 Å². The molecule has 8 nitrogen and oxygen atoms in total. The molecule has 0 radical (unpaired) electrons. The number of amides is 2. The van der Waals surface area contributed by atoms with Crippen molar-refractivity contribution in [2.24, 2.45) is 11.8 Å². The van der Waals surface area contributed by atoms with E-state index in [1.165, 1.54) is 18.9 Å². The maximum atomic E-state index is 13.3. The van der Waals surface area contributed by atoms with E-state index in [1.807, 2.05) is 6.26 Å². The first-order chi connectivity index (χ1) is 14.8. The highest BCUT2D eigenvalue weighted by Crippen LogP contribution is 2.50. The Morgan fingerprint density at radius 3 is 2.48 bits per heavy atom. The van der Waals surface area contributed by atoms with Crippen molar-refractivity contribution in [3.05, 3.63) is 47.5 Å². The van der Waals surface area contributed by atoms with Gasteiger partial charge in [0.15, 0.2) is 0 Å². The summed E-state index contributed by atoms with van der Waals surface area (Å²) in [5.41, 5.74) is -0.559. The molecule has 1 aromatic carbocycles. The van der Waals surface area contributed by atoms with Gasteiger partial charge in [-0.3, -0.25) is 24.6 Å². The maximum absolute atomic E-state index is 13.3. The summed E-state index contributed by atoms with van der Waals surface area (Å²) in [6.07, 6.45) is 5.52. The average molecular weight is 447 g/mol. The fraction of sp³-hybridized carbons (Fsp3) is 0.455. The second-order valence-corrected chi connectivity index (χ2v) is 8.60. The maximum Gasteiger partial charge on any atom is 0.337 e. The summed E-state index contributed by atoms with van der Waals surface area (Å²) in [5.74, 6) is -3.78. The molecule has 0 bridgehead atoms. The number of nitrogens with one attached hydrogen (secondary N) is 1. The molecular formula is C22H26N2O6S. The van der Waals surface area contributed by atoms with Crippen LogP contribution in [-0.4, -0.2) is 65.0 Å². The number of aliphatic carboxylic acids is 1. The zero-order chi connectivity index (χ0) is 22.8. The van der Waals surface area contributed by atoms with Gasteiger partial charge in [0.2, 0.25) is 11.8 Å². The number of carboxylic acids is 1. The van der Waals surface area contributed by atoms with Crippen LogP contribution >= 0.6 is 11.8 Å². The molecule has 0 saturated carbocycles. The SMILES string of the molecule is C/C=C/CN1C(=O)C2C(c3ccc(C(=O)OC)cc3)NC(CCSC)(C(=O)O)C2C1=O. The topological polar surface area (TPSA) is 113 Å². The van der Waals surface area contributed by atoms with Gasteiger partial charge >= 0.3 is 11.9 Å². The van der Waals surface area contributed by atoms with Gasteiger partial charge in [-0.1, -0.05) is 24.3 Å². The third-order valence-corrected chi connectivity index (χ3v) is 6.65. The summed E-state index contributed by atoms with van der Waals surface area (Å²) >= 11 is 1.48. The van der Waals surface area contributed by atoms with Crippen LogP contribution in [-0.2, 0) is 19.1 Å². The minimum absolute atomic E-state index is 0.118. The lowest BCUT2D eigenvalue weighted by Gasteiger charge is -2.31. The molecule has 2 fully saturated rings. The first kappa shape index (κ1) is 23.0. The molecule has 1 aromatic rings. The van der Waals surface area contributed by atoms with Crippen LogP contribution < -0.4 is 5.32 Å². The fourth-order valence-corrected chi connectivity index (χ4v) is 5.01. The molecule has 31 heavy (non-hydrogen) atoms. The van der Waals surface area contributed by atoms with Crippen LogP contribution in [0.2, 0.25) is 0 Å². The molecule has 9 heteroatoms. The largest absolute Gasteiger partial charge is 0.480 e. The zero-order valence-electron chi connectivity index (χ0n) is 17.7. The number of hydrogen-bond acceptors (Lipinski definition) is 7. The first-order valence-corrected chi connectivity index (χ1v) is 11.4. The van der Waals surface area contributed by atoms with Crippen molar-refractivity contribution >= 4 is 35.5 Å². The number of carboxylic acid groups (broad SMARTS) is 1. The number of nitrogens with zero attached hydrogens (tertiary/aromatic N) is 1. The molecule has 2 amide bonds. The van der Waals surface area contributed by atoms with Gasteiger partial charge in [0.25, 0.3) is 0 Å². The summed E-state index contributed by atoms with van der Waals surface area (Å²) in [7, 11) is 1.29.